The molecule has 0 radical (unpaired) electrons. The molecule has 0 amide bonds. The summed E-state index contributed by atoms with van der Waals surface area (Å²) in [4.78, 5) is 0. The Morgan fingerprint density at radius 3 is 1.28 bits per heavy atom. The molecule has 12 aromatic rings. The molecule has 0 heterocycles. The van der Waals surface area contributed by atoms with Gasteiger partial charge in [-0.2, -0.15) is 0 Å². The first kappa shape index (κ1) is 51.9. The van der Waals surface area contributed by atoms with Gasteiger partial charge in [0.05, 0.1) is 0 Å². The van der Waals surface area contributed by atoms with Crippen LogP contribution in [0.1, 0.15) is 137 Å². The van der Waals surface area contributed by atoms with Crippen molar-refractivity contribution in [3.8, 4) is 22.3 Å². The van der Waals surface area contributed by atoms with Gasteiger partial charge in [-0.05, 0) is 216 Å². The molecule has 0 saturated heterocycles. The highest BCUT2D eigenvalue weighted by atomic mass is 14.2. The Balaban J connectivity index is 0.696. The number of benzene rings is 12. The first-order chi connectivity index (χ1) is 39.0. The Morgan fingerprint density at radius 2 is 0.759 bits per heavy atom. The monoisotopic (exact) mass is 1020 g/mol. The second kappa shape index (κ2) is 24.1. The van der Waals surface area contributed by atoms with E-state index in [4.69, 9.17) is 0 Å². The van der Waals surface area contributed by atoms with Crippen molar-refractivity contribution in [1.29, 1.82) is 0 Å². The van der Waals surface area contributed by atoms with Gasteiger partial charge in [0.1, 0.15) is 0 Å². The van der Waals surface area contributed by atoms with E-state index in [2.05, 4.69) is 257 Å². The van der Waals surface area contributed by atoms with Crippen LogP contribution in [0.2, 0.25) is 0 Å². The topological polar surface area (TPSA) is 0 Å². The molecule has 0 aromatic heterocycles. The lowest BCUT2D eigenvalue weighted by Gasteiger charge is -2.23. The summed E-state index contributed by atoms with van der Waals surface area (Å²) in [6.07, 6.45) is 21.3. The van der Waals surface area contributed by atoms with Gasteiger partial charge >= 0.3 is 0 Å². The number of hydrogen-bond donors (Lipinski definition) is 0. The summed E-state index contributed by atoms with van der Waals surface area (Å²) in [7, 11) is 0. The van der Waals surface area contributed by atoms with Crippen LogP contribution in [0.3, 0.4) is 0 Å². The third-order valence-corrected chi connectivity index (χ3v) is 18.4. The van der Waals surface area contributed by atoms with E-state index < -0.39 is 0 Å². The highest BCUT2D eigenvalue weighted by Crippen LogP contribution is 2.43. The molecule has 79 heavy (non-hydrogen) atoms. The summed E-state index contributed by atoms with van der Waals surface area (Å²) in [5.41, 5.74) is 11.1. The second-order valence-corrected chi connectivity index (χ2v) is 23.1. The van der Waals surface area contributed by atoms with E-state index in [0.717, 1.165) is 12.8 Å². The van der Waals surface area contributed by atoms with Crippen molar-refractivity contribution in [2.24, 2.45) is 5.92 Å². The maximum Gasteiger partial charge on any atom is -0.00206 e. The highest BCUT2D eigenvalue weighted by molar-refractivity contribution is 6.26. The standard InChI is InChI=1S/C79H76/c1-4-56(30-32-61(31-29-55(3)58-20-13-9-14-21-58)63-37-41-65(42-38-63)73-52-48-71-46-44-67-26-18-28-69-50-54-75(73)79(71)77(67)69)19-11-7-6-8-12-24-60(34-33-57(5-2)59-22-15-10-16-23-59)62-35-39-64(40-36-62)72-51-47-70-45-43-66-25-17-27-68-49-53-74(72)78(70)76(66)68/h4,6,8-10,13-18,20-23,25-28,35-57,60-61H,1,5,7,11-12,19,24,29-34H2,2-3H3/b8-6+. The average molecular weight is 1030 g/mol. The van der Waals surface area contributed by atoms with Crippen molar-refractivity contribution in [3.63, 3.8) is 0 Å². The summed E-state index contributed by atoms with van der Waals surface area (Å²) in [5.74, 6) is 2.63. The molecule has 5 unspecified atom stereocenters. The maximum absolute atomic E-state index is 4.39. The number of allylic oxidation sites excluding steroid dienone is 3. The Morgan fingerprint density at radius 1 is 0.342 bits per heavy atom. The molecule has 392 valence electrons. The quantitative estimate of drug-likeness (QED) is 0.0321. The van der Waals surface area contributed by atoms with Crippen molar-refractivity contribution in [1.82, 2.24) is 0 Å². The predicted octanol–water partition coefficient (Wildman–Crippen LogP) is 23.3. The van der Waals surface area contributed by atoms with Crippen LogP contribution in [0.4, 0.5) is 0 Å². The van der Waals surface area contributed by atoms with Crippen LogP contribution in [0.15, 0.2) is 243 Å². The molecule has 0 bridgehead atoms. The minimum Gasteiger partial charge on any atom is -0.103 e. The van der Waals surface area contributed by atoms with Crippen molar-refractivity contribution >= 4 is 64.6 Å². The summed E-state index contributed by atoms with van der Waals surface area (Å²) < 4.78 is 0. The molecule has 0 spiro atoms. The van der Waals surface area contributed by atoms with Crippen LogP contribution in [-0.4, -0.2) is 0 Å². The van der Waals surface area contributed by atoms with Crippen molar-refractivity contribution in [3.05, 3.63) is 265 Å². The molecule has 0 aliphatic heterocycles. The summed E-state index contributed by atoms with van der Waals surface area (Å²) in [5, 5.41) is 16.1. The third-order valence-electron chi connectivity index (χ3n) is 18.4. The molecule has 5 atom stereocenters. The first-order valence-corrected chi connectivity index (χ1v) is 29.9. The van der Waals surface area contributed by atoms with Crippen LogP contribution >= 0.6 is 0 Å². The molecular weight excluding hydrogens is 949 g/mol. The van der Waals surface area contributed by atoms with E-state index in [-0.39, 0.29) is 0 Å². The predicted molar refractivity (Wildman–Crippen MR) is 345 cm³/mol. The number of unbranched alkanes of at least 4 members (excludes halogenated alkanes) is 1. The molecule has 0 fully saturated rings. The van der Waals surface area contributed by atoms with E-state index >= 15 is 0 Å². The summed E-state index contributed by atoms with van der Waals surface area (Å²) in [6.45, 7) is 9.16. The van der Waals surface area contributed by atoms with Gasteiger partial charge < -0.3 is 0 Å². The van der Waals surface area contributed by atoms with Crippen LogP contribution in [-0.2, 0) is 0 Å². The fourth-order valence-electron chi connectivity index (χ4n) is 13.8. The van der Waals surface area contributed by atoms with Crippen molar-refractivity contribution in [2.75, 3.05) is 0 Å². The van der Waals surface area contributed by atoms with Gasteiger partial charge in [0.15, 0.2) is 0 Å². The molecule has 12 aromatic carbocycles. The lowest BCUT2D eigenvalue weighted by Crippen LogP contribution is -2.06. The zero-order chi connectivity index (χ0) is 53.5. The summed E-state index contributed by atoms with van der Waals surface area (Å²) in [6, 6.07) is 82.7. The molecule has 12 rings (SSSR count). The molecule has 0 heteroatoms. The van der Waals surface area contributed by atoms with Crippen LogP contribution in [0.5, 0.6) is 0 Å². The molecule has 0 saturated carbocycles. The fraction of sp³-hybridized carbons (Fsp3) is 0.241. The third kappa shape index (κ3) is 11.1. The Bertz CT molecular complexity index is 3920. The second-order valence-electron chi connectivity index (χ2n) is 23.1. The van der Waals surface area contributed by atoms with Gasteiger partial charge in [-0.1, -0.05) is 250 Å². The van der Waals surface area contributed by atoms with E-state index in [9.17, 15) is 0 Å². The van der Waals surface area contributed by atoms with Gasteiger partial charge in [0, 0.05) is 0 Å². The largest absolute Gasteiger partial charge is 0.103 e. The maximum atomic E-state index is 4.39. The summed E-state index contributed by atoms with van der Waals surface area (Å²) >= 11 is 0. The number of rotatable bonds is 24. The van der Waals surface area contributed by atoms with E-state index in [1.807, 2.05) is 0 Å². The Hall–Kier alpha value is -7.80. The van der Waals surface area contributed by atoms with Crippen molar-refractivity contribution < 1.29 is 0 Å². The smallest absolute Gasteiger partial charge is 0.00206 e. The van der Waals surface area contributed by atoms with Crippen molar-refractivity contribution in [2.45, 2.75) is 115 Å². The van der Waals surface area contributed by atoms with Crippen LogP contribution in [0, 0.1) is 5.92 Å². The molecule has 0 aliphatic rings. The zero-order valence-corrected chi connectivity index (χ0v) is 46.6. The van der Waals surface area contributed by atoms with Crippen LogP contribution in [0.25, 0.3) is 86.9 Å². The van der Waals surface area contributed by atoms with Crippen LogP contribution < -0.4 is 0 Å². The lowest BCUT2D eigenvalue weighted by atomic mass is 9.82. The molecule has 0 aliphatic carbocycles. The van der Waals surface area contributed by atoms with E-state index in [1.54, 1.807) is 0 Å². The minimum atomic E-state index is 0.501. The normalized spacial score (nSPS) is 14.1. The molecule has 0 nitrogen and oxygen atoms in total. The number of hydrogen-bond acceptors (Lipinski definition) is 0. The highest BCUT2D eigenvalue weighted by Gasteiger charge is 2.20. The van der Waals surface area contributed by atoms with Gasteiger partial charge in [-0.15, -0.1) is 6.58 Å². The molecular formula is C79H76. The Labute approximate surface area is 470 Å². The fourth-order valence-corrected chi connectivity index (χ4v) is 13.8. The van der Waals surface area contributed by atoms with E-state index in [0.29, 0.717) is 29.6 Å². The first-order valence-electron chi connectivity index (χ1n) is 29.9. The minimum absolute atomic E-state index is 0.501. The van der Waals surface area contributed by atoms with Gasteiger partial charge in [0.25, 0.3) is 0 Å². The SMILES string of the molecule is C=CC(CCC/C=C/CCC(CCC(CC)c1ccccc1)c1ccc(-c2ccc3ccc4cccc5ccc2c3c45)cc1)CCC(CCC(C)c1ccccc1)c1ccc(-c2ccc3ccc4cccc5ccc2c3c45)cc1. The lowest BCUT2D eigenvalue weighted by molar-refractivity contribution is 0.444. The van der Waals surface area contributed by atoms with E-state index in [1.165, 1.54) is 173 Å². The van der Waals surface area contributed by atoms with Gasteiger partial charge in [0.2, 0.25) is 0 Å². The zero-order valence-electron chi connectivity index (χ0n) is 46.6. The average Bonchev–Trinajstić information content (AvgIpc) is 3.70. The van der Waals surface area contributed by atoms with Gasteiger partial charge in [-0.25, -0.2) is 0 Å². The Kier molecular flexibility index (Phi) is 15.8. The molecule has 0 N–H and O–H groups in total. The van der Waals surface area contributed by atoms with Gasteiger partial charge in [-0.3, -0.25) is 0 Å².